The summed E-state index contributed by atoms with van der Waals surface area (Å²) in [5, 5.41) is 3.09. The van der Waals surface area contributed by atoms with Crippen LogP contribution in [0.4, 0.5) is 0 Å². The maximum Gasteiger partial charge on any atom is 0.251 e. The largest absolute Gasteiger partial charge is 0.496 e. The molecule has 0 saturated heterocycles. The summed E-state index contributed by atoms with van der Waals surface area (Å²) in [5.41, 5.74) is 6.48. The fourth-order valence-corrected chi connectivity index (χ4v) is 3.51. The molecule has 1 fully saturated rings. The zero-order chi connectivity index (χ0) is 15.2. The Hall–Kier alpha value is -1.07. The van der Waals surface area contributed by atoms with Gasteiger partial charge >= 0.3 is 0 Å². The molecule has 4 nitrogen and oxygen atoms in total. The average Bonchev–Trinajstić information content (AvgIpc) is 2.53. The number of hydrogen-bond acceptors (Lipinski definition) is 3. The van der Waals surface area contributed by atoms with E-state index in [4.69, 9.17) is 10.5 Å². The van der Waals surface area contributed by atoms with E-state index in [2.05, 4.69) is 21.2 Å². The van der Waals surface area contributed by atoms with Crippen LogP contribution in [0.1, 0.15) is 42.5 Å². The fraction of sp³-hybridized carbons (Fsp3) is 0.562. The lowest BCUT2D eigenvalue weighted by Crippen LogP contribution is -2.45. The Balaban J connectivity index is 2.03. The maximum atomic E-state index is 12.4. The molecule has 1 unspecified atom stereocenters. The van der Waals surface area contributed by atoms with Crippen LogP contribution in [0.15, 0.2) is 22.7 Å². The number of hydrogen-bond donors (Lipinski definition) is 2. The average molecular weight is 355 g/mol. The Kier molecular flexibility index (Phi) is 6.06. The zero-order valence-electron chi connectivity index (χ0n) is 12.4. The number of ether oxygens (including phenoxy) is 1. The van der Waals surface area contributed by atoms with Crippen molar-refractivity contribution < 1.29 is 9.53 Å². The summed E-state index contributed by atoms with van der Waals surface area (Å²) in [6.45, 7) is 0.494. The Morgan fingerprint density at radius 3 is 2.71 bits per heavy atom. The second-order valence-corrected chi connectivity index (χ2v) is 6.42. The lowest BCUT2D eigenvalue weighted by Gasteiger charge is -2.30. The molecule has 0 heterocycles. The molecule has 1 amide bonds. The molecular weight excluding hydrogens is 332 g/mol. The summed E-state index contributed by atoms with van der Waals surface area (Å²) in [6.07, 6.45) is 6.10. The van der Waals surface area contributed by atoms with Crippen molar-refractivity contribution >= 4 is 21.8 Å². The van der Waals surface area contributed by atoms with Crippen molar-refractivity contribution in [3.05, 3.63) is 28.2 Å². The Morgan fingerprint density at radius 1 is 1.43 bits per heavy atom. The minimum absolute atomic E-state index is 0.0682. The molecule has 21 heavy (non-hydrogen) atoms. The number of amides is 1. The molecule has 1 aliphatic rings. The van der Waals surface area contributed by atoms with Crippen LogP contribution in [0, 0.1) is 5.92 Å². The van der Waals surface area contributed by atoms with Crippen LogP contribution in [0.2, 0.25) is 0 Å². The van der Waals surface area contributed by atoms with E-state index in [1.807, 2.05) is 0 Å². The number of rotatable bonds is 5. The van der Waals surface area contributed by atoms with Crippen LogP contribution >= 0.6 is 15.9 Å². The van der Waals surface area contributed by atoms with Crippen LogP contribution in [0.3, 0.4) is 0 Å². The first-order valence-corrected chi connectivity index (χ1v) is 8.29. The summed E-state index contributed by atoms with van der Waals surface area (Å²) in [7, 11) is 1.60. The Labute approximate surface area is 134 Å². The summed E-state index contributed by atoms with van der Waals surface area (Å²) < 4.78 is 5.96. The van der Waals surface area contributed by atoms with Gasteiger partial charge in [0.1, 0.15) is 5.75 Å². The third-order valence-corrected chi connectivity index (χ3v) is 4.82. The van der Waals surface area contributed by atoms with Crippen LogP contribution in [0.25, 0.3) is 0 Å². The van der Waals surface area contributed by atoms with Gasteiger partial charge in [0.05, 0.1) is 11.6 Å². The van der Waals surface area contributed by atoms with Crippen LogP contribution in [0.5, 0.6) is 5.75 Å². The molecule has 5 heteroatoms. The molecule has 0 spiro atoms. The van der Waals surface area contributed by atoms with Gasteiger partial charge in [0.25, 0.3) is 5.91 Å². The predicted octanol–water partition coefficient (Wildman–Crippen LogP) is 3.10. The summed E-state index contributed by atoms with van der Waals surface area (Å²) in [5.74, 6) is 1.16. The number of nitrogens with two attached hydrogens (primary N) is 1. The molecule has 3 N–H and O–H groups in total. The minimum Gasteiger partial charge on any atom is -0.496 e. The summed E-state index contributed by atoms with van der Waals surface area (Å²) in [6, 6.07) is 5.41. The molecule has 1 aliphatic carbocycles. The number of halogens is 1. The van der Waals surface area contributed by atoms with Gasteiger partial charge in [-0.05, 0) is 52.9 Å². The molecule has 1 saturated carbocycles. The third kappa shape index (κ3) is 4.20. The lowest BCUT2D eigenvalue weighted by atomic mass is 9.84. The molecule has 1 aromatic rings. The first-order valence-electron chi connectivity index (χ1n) is 7.50. The van der Waals surface area contributed by atoms with Gasteiger partial charge in [0.2, 0.25) is 0 Å². The number of carbonyl (C=O) groups excluding carboxylic acids is 1. The Morgan fingerprint density at radius 2 is 2.14 bits per heavy atom. The highest BCUT2D eigenvalue weighted by molar-refractivity contribution is 9.10. The van der Waals surface area contributed by atoms with Crippen LogP contribution in [-0.2, 0) is 0 Å². The molecule has 0 aliphatic heterocycles. The predicted molar refractivity (Wildman–Crippen MR) is 87.6 cm³/mol. The van der Waals surface area contributed by atoms with Crippen LogP contribution < -0.4 is 15.8 Å². The van der Waals surface area contributed by atoms with E-state index >= 15 is 0 Å². The monoisotopic (exact) mass is 354 g/mol. The third-order valence-electron chi connectivity index (χ3n) is 4.20. The van der Waals surface area contributed by atoms with Gasteiger partial charge in [-0.1, -0.05) is 19.3 Å². The smallest absolute Gasteiger partial charge is 0.251 e. The topological polar surface area (TPSA) is 64.3 Å². The molecule has 2 rings (SSSR count). The maximum absolute atomic E-state index is 12.4. The molecule has 1 aromatic carbocycles. The molecule has 0 aromatic heterocycles. The van der Waals surface area contributed by atoms with Crippen LogP contribution in [-0.4, -0.2) is 25.6 Å². The molecular formula is C16H23BrN2O2. The van der Waals surface area contributed by atoms with E-state index in [9.17, 15) is 4.79 Å². The molecule has 116 valence electrons. The summed E-state index contributed by atoms with van der Waals surface area (Å²) in [4.78, 5) is 12.4. The lowest BCUT2D eigenvalue weighted by molar-refractivity contribution is 0.0915. The quantitative estimate of drug-likeness (QED) is 0.853. The van der Waals surface area contributed by atoms with Gasteiger partial charge in [-0.2, -0.15) is 0 Å². The first-order chi connectivity index (χ1) is 10.2. The molecule has 1 atom stereocenters. The van der Waals surface area contributed by atoms with Gasteiger partial charge in [0.15, 0.2) is 0 Å². The van der Waals surface area contributed by atoms with Crippen molar-refractivity contribution in [2.24, 2.45) is 11.7 Å². The van der Waals surface area contributed by atoms with Crippen molar-refractivity contribution in [1.82, 2.24) is 5.32 Å². The second kappa shape index (κ2) is 7.80. The SMILES string of the molecule is COc1ccc(C(=O)NC(CN)C2CCCCC2)cc1Br. The van der Waals surface area contributed by atoms with Crippen molar-refractivity contribution in [1.29, 1.82) is 0 Å². The van der Waals surface area contributed by atoms with Crippen molar-refractivity contribution in [2.45, 2.75) is 38.1 Å². The van der Waals surface area contributed by atoms with E-state index in [-0.39, 0.29) is 11.9 Å². The van der Waals surface area contributed by atoms with Crippen molar-refractivity contribution in [3.8, 4) is 5.75 Å². The second-order valence-electron chi connectivity index (χ2n) is 5.56. The zero-order valence-corrected chi connectivity index (χ0v) is 14.0. The van der Waals surface area contributed by atoms with E-state index < -0.39 is 0 Å². The molecule has 0 radical (unpaired) electrons. The number of methoxy groups -OCH3 is 1. The highest BCUT2D eigenvalue weighted by Crippen LogP contribution is 2.27. The molecule has 0 bridgehead atoms. The van der Waals surface area contributed by atoms with Gasteiger partial charge in [0, 0.05) is 18.2 Å². The normalized spacial score (nSPS) is 17.3. The van der Waals surface area contributed by atoms with Gasteiger partial charge in [-0.3, -0.25) is 4.79 Å². The van der Waals surface area contributed by atoms with Gasteiger partial charge in [-0.25, -0.2) is 0 Å². The minimum atomic E-state index is -0.0700. The van der Waals surface area contributed by atoms with E-state index in [1.165, 1.54) is 19.3 Å². The number of nitrogens with one attached hydrogen (secondary N) is 1. The van der Waals surface area contributed by atoms with E-state index in [0.29, 0.717) is 23.8 Å². The van der Waals surface area contributed by atoms with Crippen molar-refractivity contribution in [2.75, 3.05) is 13.7 Å². The summed E-state index contributed by atoms with van der Waals surface area (Å²) >= 11 is 3.41. The van der Waals surface area contributed by atoms with E-state index in [0.717, 1.165) is 17.3 Å². The number of carbonyl (C=O) groups is 1. The van der Waals surface area contributed by atoms with Gasteiger partial charge in [-0.15, -0.1) is 0 Å². The van der Waals surface area contributed by atoms with Gasteiger partial charge < -0.3 is 15.8 Å². The standard InChI is InChI=1S/C16H23BrN2O2/c1-21-15-8-7-12(9-13(15)17)16(20)19-14(10-18)11-5-3-2-4-6-11/h7-9,11,14H,2-6,10,18H2,1H3,(H,19,20). The fourth-order valence-electron chi connectivity index (χ4n) is 2.97. The number of benzene rings is 1. The highest BCUT2D eigenvalue weighted by Gasteiger charge is 2.24. The first kappa shape index (κ1) is 16.3. The Bertz CT molecular complexity index is 487. The van der Waals surface area contributed by atoms with E-state index in [1.54, 1.807) is 25.3 Å². The van der Waals surface area contributed by atoms with Crippen molar-refractivity contribution in [3.63, 3.8) is 0 Å². The highest BCUT2D eigenvalue weighted by atomic mass is 79.9.